The number of carbonyl (C=O) groups excluding carboxylic acids is 1. The molecule has 0 spiro atoms. The lowest BCUT2D eigenvalue weighted by molar-refractivity contribution is 0.0607. The zero-order chi connectivity index (χ0) is 15.4. The highest BCUT2D eigenvalue weighted by Crippen LogP contribution is 2.42. The van der Waals surface area contributed by atoms with E-state index in [0.29, 0.717) is 17.1 Å². The summed E-state index contributed by atoms with van der Waals surface area (Å²) < 4.78 is 4.76. The van der Waals surface area contributed by atoms with Gasteiger partial charge in [-0.3, -0.25) is 0 Å². The van der Waals surface area contributed by atoms with E-state index in [1.165, 1.54) is 41.3 Å². The number of hydrogen-bond acceptors (Lipinski definition) is 6. The van der Waals surface area contributed by atoms with Crippen LogP contribution in [0.4, 0.5) is 10.7 Å². The molecule has 3 N–H and O–H groups in total. The van der Waals surface area contributed by atoms with Crippen LogP contribution < -0.4 is 11.1 Å². The molecule has 0 aliphatic heterocycles. The number of thiophene rings is 1. The minimum atomic E-state index is -0.392. The first kappa shape index (κ1) is 15.7. The van der Waals surface area contributed by atoms with Gasteiger partial charge in [0.2, 0.25) is 0 Å². The molecule has 0 aliphatic carbocycles. The van der Waals surface area contributed by atoms with Crippen LogP contribution in [0.15, 0.2) is 29.2 Å². The lowest BCUT2D eigenvalue weighted by atomic mass is 10.1. The average molecular weight is 322 g/mol. The largest absolute Gasteiger partial charge is 0.465 e. The van der Waals surface area contributed by atoms with Crippen LogP contribution in [-0.4, -0.2) is 19.3 Å². The number of nitrogens with one attached hydrogen (secondary N) is 1. The van der Waals surface area contributed by atoms with E-state index in [9.17, 15) is 4.79 Å². The smallest absolute Gasteiger partial charge is 0.350 e. The molecule has 0 bridgehead atoms. The van der Waals surface area contributed by atoms with Crippen molar-refractivity contribution in [2.24, 2.45) is 0 Å². The van der Waals surface area contributed by atoms with Gasteiger partial charge < -0.3 is 15.8 Å². The molecule has 0 aliphatic rings. The van der Waals surface area contributed by atoms with Crippen molar-refractivity contribution in [1.29, 1.82) is 0 Å². The number of rotatable bonds is 5. The van der Waals surface area contributed by atoms with Crippen molar-refractivity contribution in [3.63, 3.8) is 0 Å². The number of nitrogens with two attached hydrogens (primary N) is 1. The van der Waals surface area contributed by atoms with Crippen LogP contribution in [-0.2, 0) is 11.3 Å². The zero-order valence-corrected chi connectivity index (χ0v) is 13.9. The van der Waals surface area contributed by atoms with E-state index in [-0.39, 0.29) is 0 Å². The molecule has 0 amide bonds. The van der Waals surface area contributed by atoms with Gasteiger partial charge in [0, 0.05) is 6.54 Å². The third kappa shape index (κ3) is 3.51. The number of hydrogen-bond donors (Lipinski definition) is 2. The Kier molecular flexibility index (Phi) is 5.14. The number of thioether (sulfide) groups is 1. The monoisotopic (exact) mass is 322 g/mol. The second-order valence-corrected chi connectivity index (χ2v) is 6.38. The molecule has 2 rings (SSSR count). The van der Waals surface area contributed by atoms with Gasteiger partial charge in [-0.2, -0.15) is 0 Å². The number of ether oxygens (including phenoxy) is 1. The van der Waals surface area contributed by atoms with Gasteiger partial charge in [-0.05, 0) is 18.7 Å². The molecule has 4 nitrogen and oxygen atoms in total. The fraction of sp³-hybridized carbons (Fsp3) is 0.267. The Labute approximate surface area is 132 Å². The number of nitrogen functional groups attached to an aromatic ring is 1. The van der Waals surface area contributed by atoms with E-state index in [4.69, 9.17) is 10.5 Å². The van der Waals surface area contributed by atoms with E-state index in [2.05, 4.69) is 36.5 Å². The molecule has 1 heterocycles. The van der Waals surface area contributed by atoms with E-state index >= 15 is 0 Å². The molecule has 2 aromatic rings. The Balaban J connectivity index is 2.19. The number of methoxy groups -OCH3 is 1. The molecule has 0 saturated carbocycles. The standard InChI is InChI=1S/C15H18N2O2S2/c1-9-4-6-10(7-5-9)8-17-14-12(20-3)11(16)13(21-14)15(18)19-2/h4-7,17H,8,16H2,1-3H3. The Hall–Kier alpha value is -1.66. The third-order valence-electron chi connectivity index (χ3n) is 3.05. The average Bonchev–Trinajstić information content (AvgIpc) is 2.82. The van der Waals surface area contributed by atoms with Crippen molar-refractivity contribution in [2.75, 3.05) is 24.4 Å². The summed E-state index contributed by atoms with van der Waals surface area (Å²) in [6.07, 6.45) is 1.94. The first-order valence-corrected chi connectivity index (χ1v) is 8.45. The molecule has 112 valence electrons. The maximum atomic E-state index is 11.7. The van der Waals surface area contributed by atoms with E-state index in [1.807, 2.05) is 6.26 Å². The quantitative estimate of drug-likeness (QED) is 0.648. The molecule has 6 heteroatoms. The van der Waals surface area contributed by atoms with E-state index in [0.717, 1.165) is 9.90 Å². The van der Waals surface area contributed by atoms with Crippen molar-refractivity contribution < 1.29 is 9.53 Å². The predicted molar refractivity (Wildman–Crippen MR) is 90.4 cm³/mol. The van der Waals surface area contributed by atoms with Gasteiger partial charge in [-0.1, -0.05) is 29.8 Å². The summed E-state index contributed by atoms with van der Waals surface area (Å²) in [7, 11) is 1.36. The van der Waals surface area contributed by atoms with Gasteiger partial charge in [-0.15, -0.1) is 23.1 Å². The minimum absolute atomic E-state index is 0.392. The van der Waals surface area contributed by atoms with Crippen molar-refractivity contribution in [3.05, 3.63) is 40.3 Å². The summed E-state index contributed by atoms with van der Waals surface area (Å²) in [5.74, 6) is -0.392. The van der Waals surface area contributed by atoms with Crippen molar-refractivity contribution in [3.8, 4) is 0 Å². The molecular weight excluding hydrogens is 304 g/mol. The number of aryl methyl sites for hydroxylation is 1. The summed E-state index contributed by atoms with van der Waals surface area (Å²) in [6, 6.07) is 8.32. The number of carbonyl (C=O) groups is 1. The fourth-order valence-electron chi connectivity index (χ4n) is 1.88. The molecule has 0 unspecified atom stereocenters. The molecule has 0 atom stereocenters. The maximum absolute atomic E-state index is 11.7. The highest BCUT2D eigenvalue weighted by atomic mass is 32.2. The summed E-state index contributed by atoms with van der Waals surface area (Å²) in [6.45, 7) is 2.75. The molecule has 0 fully saturated rings. The van der Waals surface area contributed by atoms with Crippen LogP contribution >= 0.6 is 23.1 Å². The third-order valence-corrected chi connectivity index (χ3v) is 5.15. The Morgan fingerprint density at radius 1 is 1.38 bits per heavy atom. The summed E-state index contributed by atoms with van der Waals surface area (Å²) in [5.41, 5.74) is 8.93. The van der Waals surface area contributed by atoms with Crippen LogP contribution in [0.1, 0.15) is 20.8 Å². The van der Waals surface area contributed by atoms with Crippen LogP contribution in [0.2, 0.25) is 0 Å². The molecule has 0 saturated heterocycles. The Bertz CT molecular complexity index is 636. The van der Waals surface area contributed by atoms with E-state index < -0.39 is 5.97 Å². The van der Waals surface area contributed by atoms with Gasteiger partial charge in [0.25, 0.3) is 0 Å². The number of anilines is 2. The van der Waals surface area contributed by atoms with Crippen molar-refractivity contribution in [2.45, 2.75) is 18.4 Å². The second-order valence-electron chi connectivity index (χ2n) is 4.54. The minimum Gasteiger partial charge on any atom is -0.465 e. The van der Waals surface area contributed by atoms with Crippen molar-refractivity contribution >= 4 is 39.8 Å². The first-order chi connectivity index (χ1) is 10.1. The Morgan fingerprint density at radius 3 is 2.62 bits per heavy atom. The van der Waals surface area contributed by atoms with Gasteiger partial charge in [0.1, 0.15) is 9.88 Å². The van der Waals surface area contributed by atoms with Crippen LogP contribution in [0.3, 0.4) is 0 Å². The number of benzene rings is 1. The Morgan fingerprint density at radius 2 is 2.05 bits per heavy atom. The lowest BCUT2D eigenvalue weighted by Crippen LogP contribution is -2.01. The highest BCUT2D eigenvalue weighted by Gasteiger charge is 2.20. The van der Waals surface area contributed by atoms with Gasteiger partial charge in [0.05, 0.1) is 17.7 Å². The molecule has 1 aromatic carbocycles. The normalized spacial score (nSPS) is 10.4. The molecule has 1 aromatic heterocycles. The number of esters is 1. The van der Waals surface area contributed by atoms with Gasteiger partial charge >= 0.3 is 5.97 Å². The van der Waals surface area contributed by atoms with Crippen LogP contribution in [0, 0.1) is 6.92 Å². The predicted octanol–water partition coefficient (Wildman–Crippen LogP) is 3.76. The SMILES string of the molecule is COC(=O)c1sc(NCc2ccc(C)cc2)c(SC)c1N. The van der Waals surface area contributed by atoms with Gasteiger partial charge in [-0.25, -0.2) is 4.79 Å². The summed E-state index contributed by atoms with van der Waals surface area (Å²) in [5, 5.41) is 4.25. The van der Waals surface area contributed by atoms with Crippen LogP contribution in [0.5, 0.6) is 0 Å². The maximum Gasteiger partial charge on any atom is 0.350 e. The van der Waals surface area contributed by atoms with Crippen molar-refractivity contribution in [1.82, 2.24) is 0 Å². The van der Waals surface area contributed by atoms with Gasteiger partial charge in [0.15, 0.2) is 0 Å². The van der Waals surface area contributed by atoms with E-state index in [1.54, 1.807) is 0 Å². The molecule has 21 heavy (non-hydrogen) atoms. The lowest BCUT2D eigenvalue weighted by Gasteiger charge is -2.06. The molecular formula is C15H18N2O2S2. The first-order valence-electron chi connectivity index (χ1n) is 6.40. The topological polar surface area (TPSA) is 64.3 Å². The summed E-state index contributed by atoms with van der Waals surface area (Å²) in [4.78, 5) is 13.0. The second kappa shape index (κ2) is 6.87. The molecule has 0 radical (unpaired) electrons. The fourth-order valence-corrected chi connectivity index (χ4v) is 3.83. The zero-order valence-electron chi connectivity index (χ0n) is 12.2. The van der Waals surface area contributed by atoms with Crippen LogP contribution in [0.25, 0.3) is 0 Å². The summed E-state index contributed by atoms with van der Waals surface area (Å²) >= 11 is 2.86. The highest BCUT2D eigenvalue weighted by molar-refractivity contribution is 7.99.